The Kier molecular flexibility index (Phi) is 4.84. The minimum absolute atomic E-state index is 0.0930. The van der Waals surface area contributed by atoms with Crippen LogP contribution in [0.2, 0.25) is 0 Å². The number of phenolic OH excluding ortho intramolecular Hbond substituents is 1. The first-order valence-corrected chi connectivity index (χ1v) is 7.90. The molecule has 3 rings (SSSR count). The predicted octanol–water partition coefficient (Wildman–Crippen LogP) is 3.85. The number of hydrazone groups is 1. The van der Waals surface area contributed by atoms with Gasteiger partial charge in [0.05, 0.1) is 18.4 Å². The topological polar surface area (TPSA) is 70.9 Å². The summed E-state index contributed by atoms with van der Waals surface area (Å²) in [6, 6.07) is 14.8. The third-order valence-electron chi connectivity index (χ3n) is 4.00. The van der Waals surface area contributed by atoms with E-state index in [4.69, 9.17) is 4.74 Å². The van der Waals surface area contributed by atoms with Crippen LogP contribution in [-0.2, 0) is 0 Å². The normalized spacial score (nSPS) is 11.4. The van der Waals surface area contributed by atoms with Gasteiger partial charge < -0.3 is 9.84 Å². The number of carbonyl (C=O) groups excluding carboxylic acids is 1. The van der Waals surface area contributed by atoms with Crippen LogP contribution in [-0.4, -0.2) is 23.8 Å². The van der Waals surface area contributed by atoms with Gasteiger partial charge in [0.15, 0.2) is 0 Å². The Hall–Kier alpha value is -3.41. The van der Waals surface area contributed by atoms with E-state index in [2.05, 4.69) is 10.5 Å². The molecular weight excluding hydrogens is 335 g/mol. The number of fused-ring (bicyclic) bond motifs is 1. The molecule has 3 aromatic rings. The number of nitrogens with one attached hydrogen (secondary N) is 1. The number of amides is 1. The summed E-state index contributed by atoms with van der Waals surface area (Å²) in [6.07, 6.45) is 0. The minimum Gasteiger partial charge on any atom is -0.507 e. The molecule has 0 aliphatic carbocycles. The number of hydrogen-bond acceptors (Lipinski definition) is 4. The highest BCUT2D eigenvalue weighted by Crippen LogP contribution is 2.25. The van der Waals surface area contributed by atoms with Crippen molar-refractivity contribution in [2.75, 3.05) is 7.11 Å². The van der Waals surface area contributed by atoms with Gasteiger partial charge in [0.25, 0.3) is 5.91 Å². The summed E-state index contributed by atoms with van der Waals surface area (Å²) in [4.78, 5) is 12.3. The zero-order valence-corrected chi connectivity index (χ0v) is 14.3. The Morgan fingerprint density at radius 2 is 1.77 bits per heavy atom. The van der Waals surface area contributed by atoms with Crippen molar-refractivity contribution in [3.63, 3.8) is 0 Å². The van der Waals surface area contributed by atoms with Crippen LogP contribution in [0.15, 0.2) is 59.7 Å². The monoisotopic (exact) mass is 352 g/mol. The van der Waals surface area contributed by atoms with Crippen molar-refractivity contribution >= 4 is 22.4 Å². The van der Waals surface area contributed by atoms with E-state index in [9.17, 15) is 14.3 Å². The number of nitrogens with zero attached hydrogens (tertiary/aromatic N) is 1. The maximum absolute atomic E-state index is 14.1. The Bertz CT molecular complexity index is 1020. The standard InChI is InChI=1S/C20H17FN2O3/c1-12(16-8-7-15(26-2)11-18(16)21)22-23-20(25)17-9-13-5-3-4-6-14(13)10-19(17)24/h3-11,24H,1-2H3,(H,23,25). The second-order valence-corrected chi connectivity index (χ2v) is 5.70. The first-order chi connectivity index (χ1) is 12.5. The summed E-state index contributed by atoms with van der Waals surface area (Å²) in [7, 11) is 1.45. The van der Waals surface area contributed by atoms with E-state index in [0.29, 0.717) is 11.5 Å². The largest absolute Gasteiger partial charge is 0.507 e. The lowest BCUT2D eigenvalue weighted by Gasteiger charge is -2.08. The molecule has 2 N–H and O–H groups in total. The van der Waals surface area contributed by atoms with Crippen LogP contribution in [0.25, 0.3) is 10.8 Å². The van der Waals surface area contributed by atoms with Crippen LogP contribution in [0.5, 0.6) is 11.5 Å². The number of carbonyl (C=O) groups is 1. The molecule has 0 saturated carbocycles. The quantitative estimate of drug-likeness (QED) is 0.553. The molecule has 5 nitrogen and oxygen atoms in total. The van der Waals surface area contributed by atoms with E-state index in [-0.39, 0.29) is 16.9 Å². The van der Waals surface area contributed by atoms with Crippen molar-refractivity contribution in [2.45, 2.75) is 6.92 Å². The van der Waals surface area contributed by atoms with Gasteiger partial charge in [0, 0.05) is 11.6 Å². The molecule has 3 aromatic carbocycles. The lowest BCUT2D eigenvalue weighted by molar-refractivity contribution is 0.0952. The number of halogens is 1. The molecule has 0 aliphatic heterocycles. The van der Waals surface area contributed by atoms with E-state index >= 15 is 0 Å². The molecule has 0 atom stereocenters. The summed E-state index contributed by atoms with van der Waals surface area (Å²) in [5.41, 5.74) is 2.98. The lowest BCUT2D eigenvalue weighted by atomic mass is 10.1. The van der Waals surface area contributed by atoms with Crippen molar-refractivity contribution < 1.29 is 19.0 Å². The van der Waals surface area contributed by atoms with Crippen molar-refractivity contribution in [2.24, 2.45) is 5.10 Å². The molecule has 0 radical (unpaired) electrons. The number of aromatic hydroxyl groups is 1. The van der Waals surface area contributed by atoms with E-state index < -0.39 is 11.7 Å². The highest BCUT2D eigenvalue weighted by atomic mass is 19.1. The third kappa shape index (κ3) is 3.49. The molecule has 1 amide bonds. The maximum Gasteiger partial charge on any atom is 0.275 e. The predicted molar refractivity (Wildman–Crippen MR) is 98.2 cm³/mol. The fraction of sp³-hybridized carbons (Fsp3) is 0.100. The van der Waals surface area contributed by atoms with Gasteiger partial charge in [-0.05, 0) is 42.0 Å². The molecule has 0 heterocycles. The second kappa shape index (κ2) is 7.23. The van der Waals surface area contributed by atoms with Crippen LogP contribution < -0.4 is 10.2 Å². The first-order valence-electron chi connectivity index (χ1n) is 7.90. The summed E-state index contributed by atoms with van der Waals surface area (Å²) < 4.78 is 19.0. The van der Waals surface area contributed by atoms with E-state index in [1.807, 2.05) is 24.3 Å². The van der Waals surface area contributed by atoms with E-state index in [1.165, 1.54) is 25.3 Å². The van der Waals surface area contributed by atoms with Gasteiger partial charge in [-0.25, -0.2) is 9.82 Å². The molecular formula is C20H17FN2O3. The third-order valence-corrected chi connectivity index (χ3v) is 4.00. The van der Waals surface area contributed by atoms with Gasteiger partial charge in [0.1, 0.15) is 17.3 Å². The van der Waals surface area contributed by atoms with E-state index in [1.54, 1.807) is 19.1 Å². The molecule has 6 heteroatoms. The van der Waals surface area contributed by atoms with Crippen molar-refractivity contribution in [3.05, 3.63) is 71.5 Å². The van der Waals surface area contributed by atoms with Gasteiger partial charge in [-0.1, -0.05) is 24.3 Å². The molecule has 26 heavy (non-hydrogen) atoms. The lowest BCUT2D eigenvalue weighted by Crippen LogP contribution is -2.19. The highest BCUT2D eigenvalue weighted by molar-refractivity contribution is 6.03. The average molecular weight is 352 g/mol. The molecule has 0 fully saturated rings. The highest BCUT2D eigenvalue weighted by Gasteiger charge is 2.13. The van der Waals surface area contributed by atoms with Crippen LogP contribution in [0, 0.1) is 5.82 Å². The summed E-state index contributed by atoms with van der Waals surface area (Å²) in [6.45, 7) is 1.57. The second-order valence-electron chi connectivity index (χ2n) is 5.70. The Morgan fingerprint density at radius 1 is 1.08 bits per heavy atom. The number of methoxy groups -OCH3 is 1. The molecule has 0 spiro atoms. The van der Waals surface area contributed by atoms with Gasteiger partial charge in [-0.15, -0.1) is 0 Å². The summed E-state index contributed by atoms with van der Waals surface area (Å²) in [5, 5.41) is 15.7. The number of rotatable bonds is 4. The number of hydrogen-bond donors (Lipinski definition) is 2. The van der Waals surface area contributed by atoms with Crippen molar-refractivity contribution in [1.82, 2.24) is 5.43 Å². The van der Waals surface area contributed by atoms with Gasteiger partial charge in [-0.2, -0.15) is 5.10 Å². The van der Waals surface area contributed by atoms with Crippen molar-refractivity contribution in [1.29, 1.82) is 0 Å². The molecule has 0 unspecified atom stereocenters. The van der Waals surface area contributed by atoms with Gasteiger partial charge in [-0.3, -0.25) is 4.79 Å². The smallest absolute Gasteiger partial charge is 0.275 e. The molecule has 0 bridgehead atoms. The van der Waals surface area contributed by atoms with Crippen molar-refractivity contribution in [3.8, 4) is 11.5 Å². The number of ether oxygens (including phenoxy) is 1. The number of phenols is 1. The Labute approximate surface area is 149 Å². The minimum atomic E-state index is -0.582. The fourth-order valence-corrected chi connectivity index (χ4v) is 2.58. The van der Waals surface area contributed by atoms with E-state index in [0.717, 1.165) is 10.8 Å². The Balaban J connectivity index is 1.84. The van der Waals surface area contributed by atoms with Crippen LogP contribution >= 0.6 is 0 Å². The number of benzene rings is 3. The maximum atomic E-state index is 14.1. The molecule has 132 valence electrons. The van der Waals surface area contributed by atoms with Crippen LogP contribution in [0.1, 0.15) is 22.8 Å². The summed E-state index contributed by atoms with van der Waals surface area (Å²) in [5.74, 6) is -0.844. The Morgan fingerprint density at radius 3 is 2.42 bits per heavy atom. The van der Waals surface area contributed by atoms with Crippen LogP contribution in [0.3, 0.4) is 0 Å². The van der Waals surface area contributed by atoms with Crippen LogP contribution in [0.4, 0.5) is 4.39 Å². The zero-order valence-electron chi connectivity index (χ0n) is 14.3. The average Bonchev–Trinajstić information content (AvgIpc) is 2.65. The SMILES string of the molecule is COc1ccc(C(C)=NNC(=O)c2cc3ccccc3cc2O)c(F)c1. The molecule has 0 aromatic heterocycles. The van der Waals surface area contributed by atoms with Gasteiger partial charge >= 0.3 is 0 Å². The van der Waals surface area contributed by atoms with Gasteiger partial charge in [0.2, 0.25) is 0 Å². The molecule has 0 aliphatic rings. The summed E-state index contributed by atoms with van der Waals surface area (Å²) >= 11 is 0. The zero-order chi connectivity index (χ0) is 18.7. The molecule has 0 saturated heterocycles. The fourth-order valence-electron chi connectivity index (χ4n) is 2.58. The first kappa shape index (κ1) is 17.4.